The third-order valence-electron chi connectivity index (χ3n) is 2.32. The quantitative estimate of drug-likeness (QED) is 0.441. The molecule has 0 rings (SSSR count). The second-order valence-electron chi connectivity index (χ2n) is 4.00. The van der Waals surface area contributed by atoms with Gasteiger partial charge in [0, 0.05) is 10.6 Å². The topological polar surface area (TPSA) is 132 Å². The summed E-state index contributed by atoms with van der Waals surface area (Å²) in [7, 11) is 0. The van der Waals surface area contributed by atoms with E-state index in [2.05, 4.69) is 15.9 Å². The van der Waals surface area contributed by atoms with Crippen molar-refractivity contribution in [3.63, 3.8) is 0 Å². The van der Waals surface area contributed by atoms with Crippen LogP contribution in [0.15, 0.2) is 0 Å². The van der Waals surface area contributed by atoms with E-state index in [0.29, 0.717) is 11.8 Å². The second-order valence-corrected chi connectivity index (χ2v) is 6.84. The van der Waals surface area contributed by atoms with Crippen molar-refractivity contribution in [3.8, 4) is 0 Å². The first-order valence-electron chi connectivity index (χ1n) is 5.24. The maximum Gasteiger partial charge on any atom is 0.320 e. The number of aliphatic hydroxyl groups is 1. The number of carboxylic acid groups (broad SMARTS) is 3. The standard InChI is InChI=1S/C10H15BrO7S/c1-5(11)6(12)4-19-10(9(17)18,2-7(13)14)3-8(15)16/h5-6,12H,2-4H2,1H3,(H,13,14)(H,15,16)(H,17,18). The van der Waals surface area contributed by atoms with Crippen molar-refractivity contribution in [1.29, 1.82) is 0 Å². The molecule has 0 aliphatic heterocycles. The number of carboxylic acids is 3. The number of alkyl halides is 1. The summed E-state index contributed by atoms with van der Waals surface area (Å²) in [4.78, 5) is 32.4. The van der Waals surface area contributed by atoms with E-state index >= 15 is 0 Å². The second kappa shape index (κ2) is 7.71. The van der Waals surface area contributed by atoms with Crippen LogP contribution in [0.2, 0.25) is 0 Å². The highest BCUT2D eigenvalue weighted by molar-refractivity contribution is 9.09. The number of carbonyl (C=O) groups is 3. The lowest BCUT2D eigenvalue weighted by atomic mass is 10.0. The molecular formula is C10H15BrO7S. The van der Waals surface area contributed by atoms with Crippen LogP contribution in [-0.4, -0.2) is 59.8 Å². The molecule has 0 saturated heterocycles. The Labute approximate surface area is 122 Å². The smallest absolute Gasteiger partial charge is 0.320 e. The van der Waals surface area contributed by atoms with Crippen LogP contribution >= 0.6 is 27.7 Å². The average Bonchev–Trinajstić information content (AvgIpc) is 2.23. The largest absolute Gasteiger partial charge is 0.481 e. The summed E-state index contributed by atoms with van der Waals surface area (Å²) < 4.78 is -1.99. The first kappa shape index (κ1) is 18.2. The van der Waals surface area contributed by atoms with Gasteiger partial charge in [-0.1, -0.05) is 22.9 Å². The van der Waals surface area contributed by atoms with Gasteiger partial charge in [0.25, 0.3) is 0 Å². The minimum Gasteiger partial charge on any atom is -0.481 e. The van der Waals surface area contributed by atoms with Crippen LogP contribution in [0.1, 0.15) is 19.8 Å². The van der Waals surface area contributed by atoms with E-state index in [1.807, 2.05) is 0 Å². The summed E-state index contributed by atoms with van der Waals surface area (Å²) in [5.74, 6) is -4.41. The molecule has 0 amide bonds. The predicted molar refractivity (Wildman–Crippen MR) is 71.7 cm³/mol. The van der Waals surface area contributed by atoms with E-state index in [4.69, 9.17) is 15.3 Å². The zero-order chi connectivity index (χ0) is 15.2. The first-order valence-corrected chi connectivity index (χ1v) is 7.14. The third-order valence-corrected chi connectivity index (χ3v) is 4.46. The summed E-state index contributed by atoms with van der Waals surface area (Å²) in [6.07, 6.45) is -2.57. The van der Waals surface area contributed by atoms with Crippen molar-refractivity contribution in [2.75, 3.05) is 5.75 Å². The van der Waals surface area contributed by atoms with Crippen LogP contribution in [0, 0.1) is 0 Å². The fraction of sp³-hybridized carbons (Fsp3) is 0.700. The van der Waals surface area contributed by atoms with Gasteiger partial charge in [0.05, 0.1) is 18.9 Å². The van der Waals surface area contributed by atoms with E-state index in [1.165, 1.54) is 0 Å². The van der Waals surface area contributed by atoms with Crippen molar-refractivity contribution in [2.45, 2.75) is 35.4 Å². The minimum absolute atomic E-state index is 0.0841. The Morgan fingerprint density at radius 3 is 1.84 bits per heavy atom. The van der Waals surface area contributed by atoms with Crippen molar-refractivity contribution in [1.82, 2.24) is 0 Å². The van der Waals surface area contributed by atoms with Crippen molar-refractivity contribution >= 4 is 45.6 Å². The Balaban J connectivity index is 5.05. The molecule has 0 heterocycles. The fourth-order valence-electron chi connectivity index (χ4n) is 1.24. The molecule has 0 saturated carbocycles. The zero-order valence-electron chi connectivity index (χ0n) is 10.1. The highest BCUT2D eigenvalue weighted by atomic mass is 79.9. The average molecular weight is 359 g/mol. The molecule has 4 N–H and O–H groups in total. The van der Waals surface area contributed by atoms with Gasteiger partial charge in [-0.05, 0) is 0 Å². The summed E-state index contributed by atoms with van der Waals surface area (Å²) in [6, 6.07) is 0. The maximum absolute atomic E-state index is 11.2. The van der Waals surface area contributed by atoms with Gasteiger partial charge in [-0.15, -0.1) is 11.8 Å². The minimum atomic E-state index is -1.99. The van der Waals surface area contributed by atoms with Crippen LogP contribution in [0.4, 0.5) is 0 Å². The molecule has 2 atom stereocenters. The van der Waals surface area contributed by atoms with Gasteiger partial charge in [-0.3, -0.25) is 14.4 Å². The zero-order valence-corrected chi connectivity index (χ0v) is 12.5. The van der Waals surface area contributed by atoms with Crippen molar-refractivity contribution in [2.24, 2.45) is 0 Å². The Morgan fingerprint density at radius 2 is 1.58 bits per heavy atom. The summed E-state index contributed by atoms with van der Waals surface area (Å²) in [5, 5.41) is 36.2. The van der Waals surface area contributed by atoms with Gasteiger partial charge in [-0.25, -0.2) is 0 Å². The number of rotatable bonds is 9. The van der Waals surface area contributed by atoms with E-state index in [1.54, 1.807) is 6.92 Å². The number of halogens is 1. The van der Waals surface area contributed by atoms with E-state index < -0.39 is 41.6 Å². The molecule has 0 spiro atoms. The molecule has 0 aliphatic rings. The molecule has 9 heteroatoms. The third kappa shape index (κ3) is 6.26. The van der Waals surface area contributed by atoms with E-state index in [9.17, 15) is 19.5 Å². The Kier molecular flexibility index (Phi) is 7.38. The van der Waals surface area contributed by atoms with Gasteiger partial charge >= 0.3 is 17.9 Å². The number of aliphatic hydroxyl groups excluding tert-OH is 1. The van der Waals surface area contributed by atoms with Gasteiger partial charge in [0.2, 0.25) is 0 Å². The Bertz CT molecular complexity index is 342. The summed E-state index contributed by atoms with van der Waals surface area (Å²) >= 11 is 3.73. The molecule has 7 nitrogen and oxygen atoms in total. The molecule has 0 aromatic rings. The number of thioether (sulfide) groups is 1. The molecule has 0 aromatic heterocycles. The van der Waals surface area contributed by atoms with E-state index in [-0.39, 0.29) is 10.6 Å². The number of aliphatic carboxylic acids is 3. The van der Waals surface area contributed by atoms with Gasteiger partial charge in [0.15, 0.2) is 0 Å². The van der Waals surface area contributed by atoms with E-state index in [0.717, 1.165) is 0 Å². The lowest BCUT2D eigenvalue weighted by Gasteiger charge is -2.27. The molecular weight excluding hydrogens is 344 g/mol. The number of hydrogen-bond acceptors (Lipinski definition) is 5. The molecule has 0 fully saturated rings. The first-order chi connectivity index (χ1) is 8.60. The molecule has 0 bridgehead atoms. The molecule has 0 aromatic carbocycles. The van der Waals surface area contributed by atoms with Gasteiger partial charge < -0.3 is 20.4 Å². The van der Waals surface area contributed by atoms with Gasteiger partial charge in [-0.2, -0.15) is 0 Å². The van der Waals surface area contributed by atoms with Crippen LogP contribution in [0.25, 0.3) is 0 Å². The highest BCUT2D eigenvalue weighted by Gasteiger charge is 2.44. The molecule has 19 heavy (non-hydrogen) atoms. The van der Waals surface area contributed by atoms with Crippen LogP contribution in [0.3, 0.4) is 0 Å². The van der Waals surface area contributed by atoms with Gasteiger partial charge in [0.1, 0.15) is 4.75 Å². The summed E-state index contributed by atoms with van der Waals surface area (Å²) in [5.41, 5.74) is 0. The number of hydrogen-bond donors (Lipinski definition) is 4. The molecule has 0 aliphatic carbocycles. The normalized spacial score (nSPS) is 14.7. The molecule has 2 unspecified atom stereocenters. The SMILES string of the molecule is CC(Br)C(O)CSC(CC(=O)O)(CC(=O)O)C(=O)O. The van der Waals surface area contributed by atoms with Crippen LogP contribution in [-0.2, 0) is 14.4 Å². The summed E-state index contributed by atoms with van der Waals surface area (Å²) in [6.45, 7) is 1.64. The van der Waals surface area contributed by atoms with Crippen molar-refractivity contribution in [3.05, 3.63) is 0 Å². The van der Waals surface area contributed by atoms with Crippen LogP contribution in [0.5, 0.6) is 0 Å². The molecule has 110 valence electrons. The molecule has 0 radical (unpaired) electrons. The predicted octanol–water partition coefficient (Wildman–Crippen LogP) is 0.637. The maximum atomic E-state index is 11.2. The Morgan fingerprint density at radius 1 is 1.16 bits per heavy atom. The fourth-order valence-corrected chi connectivity index (χ4v) is 3.03. The lowest BCUT2D eigenvalue weighted by molar-refractivity contribution is -0.150. The highest BCUT2D eigenvalue weighted by Crippen LogP contribution is 2.34. The van der Waals surface area contributed by atoms with Crippen LogP contribution < -0.4 is 0 Å². The lowest BCUT2D eigenvalue weighted by Crippen LogP contribution is -2.41. The Hall–Kier alpha value is -0.800. The van der Waals surface area contributed by atoms with Crippen molar-refractivity contribution < 1.29 is 34.8 Å². The monoisotopic (exact) mass is 358 g/mol.